The minimum absolute atomic E-state index is 0.0377. The van der Waals surface area contributed by atoms with E-state index < -0.39 is 0 Å². The molecule has 1 saturated heterocycles. The van der Waals surface area contributed by atoms with E-state index in [2.05, 4.69) is 27.1 Å². The van der Waals surface area contributed by atoms with Crippen LogP contribution in [0.5, 0.6) is 0 Å². The van der Waals surface area contributed by atoms with E-state index in [1.54, 1.807) is 11.0 Å². The van der Waals surface area contributed by atoms with Gasteiger partial charge in [-0.05, 0) is 51.4 Å². The van der Waals surface area contributed by atoms with Gasteiger partial charge in [0.05, 0.1) is 11.0 Å². The quantitative estimate of drug-likeness (QED) is 0.781. The van der Waals surface area contributed by atoms with Crippen LogP contribution in [-0.2, 0) is 6.42 Å². The van der Waals surface area contributed by atoms with Crippen LogP contribution in [0.25, 0.3) is 11.0 Å². The van der Waals surface area contributed by atoms with E-state index in [9.17, 15) is 9.18 Å². The topological polar surface area (TPSA) is 64.3 Å². The normalized spacial score (nSPS) is 18.0. The first-order chi connectivity index (χ1) is 13.1. The van der Waals surface area contributed by atoms with Crippen molar-refractivity contribution in [3.05, 3.63) is 29.8 Å². The number of aromatic nitrogens is 2. The summed E-state index contributed by atoms with van der Waals surface area (Å²) in [4.78, 5) is 24.3. The predicted molar refractivity (Wildman–Crippen MR) is 105 cm³/mol. The number of likely N-dealkylation sites (N-methyl/N-ethyl adjacent to an activating group) is 1. The summed E-state index contributed by atoms with van der Waals surface area (Å²) in [6.07, 6.45) is 4.42. The smallest absolute Gasteiger partial charge is 0.317 e. The fraction of sp³-hybridized carbons (Fsp3) is 0.600. The second-order valence-electron chi connectivity index (χ2n) is 7.29. The Morgan fingerprint density at radius 1 is 1.44 bits per heavy atom. The molecule has 2 heterocycles. The Bertz CT molecular complexity index is 762. The highest BCUT2D eigenvalue weighted by molar-refractivity contribution is 5.75. The maximum atomic E-state index is 13.3. The van der Waals surface area contributed by atoms with Crippen LogP contribution in [-0.4, -0.2) is 64.6 Å². The van der Waals surface area contributed by atoms with E-state index in [0.717, 1.165) is 24.4 Å². The summed E-state index contributed by atoms with van der Waals surface area (Å²) in [6, 6.07) is 5.08. The fourth-order valence-corrected chi connectivity index (χ4v) is 3.71. The lowest BCUT2D eigenvalue weighted by Gasteiger charge is -2.33. The standard InChI is InChI=1S/C20H30FN5O/c1-3-25(20(27)22-10-13-26-11-5-4-6-15(26)2)12-9-19-23-17-8-7-16(21)14-18(17)24-19/h7-8,14-15H,3-6,9-13H2,1-2H3,(H,22,27)(H,23,24)/t15-/m0/s1. The van der Waals surface area contributed by atoms with E-state index in [1.165, 1.54) is 31.4 Å². The molecule has 0 bridgehead atoms. The van der Waals surface area contributed by atoms with Crippen molar-refractivity contribution < 1.29 is 9.18 Å². The summed E-state index contributed by atoms with van der Waals surface area (Å²) in [5.74, 6) is 0.485. The number of fused-ring (bicyclic) bond motifs is 1. The van der Waals surface area contributed by atoms with Gasteiger partial charge in [0.25, 0.3) is 0 Å². The molecule has 2 aromatic rings. The number of hydrogen-bond donors (Lipinski definition) is 2. The van der Waals surface area contributed by atoms with Gasteiger partial charge >= 0.3 is 6.03 Å². The average Bonchev–Trinajstić information content (AvgIpc) is 3.05. The molecule has 0 saturated carbocycles. The van der Waals surface area contributed by atoms with Gasteiger partial charge in [-0.25, -0.2) is 14.2 Å². The Morgan fingerprint density at radius 3 is 3.07 bits per heavy atom. The number of nitrogens with one attached hydrogen (secondary N) is 2. The summed E-state index contributed by atoms with van der Waals surface area (Å²) in [6.45, 7) is 8.15. The van der Waals surface area contributed by atoms with Crippen LogP contribution in [0.15, 0.2) is 18.2 Å². The zero-order valence-corrected chi connectivity index (χ0v) is 16.3. The van der Waals surface area contributed by atoms with Gasteiger partial charge in [-0.1, -0.05) is 6.42 Å². The Hall–Kier alpha value is -2.15. The highest BCUT2D eigenvalue weighted by Gasteiger charge is 2.18. The number of H-pyrrole nitrogens is 1. The zero-order valence-electron chi connectivity index (χ0n) is 16.3. The third-order valence-electron chi connectivity index (χ3n) is 5.40. The largest absolute Gasteiger partial charge is 0.342 e. The van der Waals surface area contributed by atoms with Crippen molar-refractivity contribution in [3.8, 4) is 0 Å². The SMILES string of the molecule is CCN(CCc1nc2ccc(F)cc2[nH]1)C(=O)NCCN1CCCC[C@@H]1C. The van der Waals surface area contributed by atoms with Gasteiger partial charge in [-0.15, -0.1) is 0 Å². The highest BCUT2D eigenvalue weighted by Crippen LogP contribution is 2.15. The Balaban J connectivity index is 1.46. The molecular weight excluding hydrogens is 345 g/mol. The number of halogens is 1. The third kappa shape index (κ3) is 5.19. The van der Waals surface area contributed by atoms with Crippen molar-refractivity contribution >= 4 is 17.1 Å². The van der Waals surface area contributed by atoms with Gasteiger partial charge in [0.15, 0.2) is 0 Å². The number of aromatic amines is 1. The fourth-order valence-electron chi connectivity index (χ4n) is 3.71. The number of nitrogens with zero attached hydrogens (tertiary/aromatic N) is 3. The first-order valence-electron chi connectivity index (χ1n) is 9.97. The van der Waals surface area contributed by atoms with E-state index in [-0.39, 0.29) is 11.8 Å². The molecule has 0 spiro atoms. The zero-order chi connectivity index (χ0) is 19.2. The molecule has 6 nitrogen and oxygen atoms in total. The van der Waals surface area contributed by atoms with Crippen molar-refractivity contribution in [3.63, 3.8) is 0 Å². The van der Waals surface area contributed by atoms with Gasteiger partial charge in [-0.3, -0.25) is 4.90 Å². The summed E-state index contributed by atoms with van der Waals surface area (Å²) in [5.41, 5.74) is 1.43. The van der Waals surface area contributed by atoms with Crippen molar-refractivity contribution in [2.24, 2.45) is 0 Å². The number of carbonyl (C=O) groups is 1. The van der Waals surface area contributed by atoms with Crippen LogP contribution in [0.4, 0.5) is 9.18 Å². The van der Waals surface area contributed by atoms with Crippen molar-refractivity contribution in [1.82, 2.24) is 25.1 Å². The Morgan fingerprint density at radius 2 is 2.30 bits per heavy atom. The molecule has 0 aliphatic carbocycles. The molecule has 1 fully saturated rings. The molecule has 1 aromatic carbocycles. The molecule has 0 unspecified atom stereocenters. The molecule has 1 aromatic heterocycles. The Labute approximate surface area is 160 Å². The van der Waals surface area contributed by atoms with Crippen molar-refractivity contribution in [2.75, 3.05) is 32.7 Å². The number of carbonyl (C=O) groups excluding carboxylic acids is 1. The Kier molecular flexibility index (Phi) is 6.66. The number of rotatable bonds is 7. The van der Waals surface area contributed by atoms with Gasteiger partial charge in [0, 0.05) is 38.6 Å². The van der Waals surface area contributed by atoms with Gasteiger partial charge in [-0.2, -0.15) is 0 Å². The molecule has 3 rings (SSSR count). The molecule has 0 radical (unpaired) electrons. The number of urea groups is 1. The number of likely N-dealkylation sites (tertiary alicyclic amines) is 1. The maximum Gasteiger partial charge on any atom is 0.317 e. The van der Waals surface area contributed by atoms with Crippen molar-refractivity contribution in [2.45, 2.75) is 45.6 Å². The number of benzene rings is 1. The second kappa shape index (κ2) is 9.17. The minimum Gasteiger partial charge on any atom is -0.342 e. The molecule has 7 heteroatoms. The molecule has 27 heavy (non-hydrogen) atoms. The van der Waals surface area contributed by atoms with Gasteiger partial charge in [0.2, 0.25) is 0 Å². The molecular formula is C20H30FN5O. The maximum absolute atomic E-state index is 13.3. The molecule has 1 atom stereocenters. The van der Waals surface area contributed by atoms with E-state index in [0.29, 0.717) is 37.6 Å². The van der Waals surface area contributed by atoms with E-state index in [1.807, 2.05) is 6.92 Å². The first kappa shape index (κ1) is 19.6. The van der Waals surface area contributed by atoms with E-state index >= 15 is 0 Å². The number of imidazole rings is 1. The van der Waals surface area contributed by atoms with Gasteiger partial charge in [0.1, 0.15) is 11.6 Å². The third-order valence-corrected chi connectivity index (χ3v) is 5.40. The van der Waals surface area contributed by atoms with Gasteiger partial charge < -0.3 is 15.2 Å². The summed E-state index contributed by atoms with van der Waals surface area (Å²) < 4.78 is 13.3. The summed E-state index contributed by atoms with van der Waals surface area (Å²) in [5, 5.41) is 3.04. The molecule has 1 aliphatic heterocycles. The monoisotopic (exact) mass is 375 g/mol. The number of amides is 2. The van der Waals surface area contributed by atoms with Crippen LogP contribution in [0.1, 0.15) is 38.9 Å². The van der Waals surface area contributed by atoms with Crippen LogP contribution in [0.2, 0.25) is 0 Å². The number of hydrogen-bond acceptors (Lipinski definition) is 3. The lowest BCUT2D eigenvalue weighted by Crippen LogP contribution is -2.46. The lowest BCUT2D eigenvalue weighted by molar-refractivity contribution is 0.158. The first-order valence-corrected chi connectivity index (χ1v) is 9.97. The van der Waals surface area contributed by atoms with Crippen LogP contribution in [0, 0.1) is 5.82 Å². The highest BCUT2D eigenvalue weighted by atomic mass is 19.1. The summed E-state index contributed by atoms with van der Waals surface area (Å²) >= 11 is 0. The van der Waals surface area contributed by atoms with E-state index in [4.69, 9.17) is 0 Å². The molecule has 2 N–H and O–H groups in total. The lowest BCUT2D eigenvalue weighted by atomic mass is 10.0. The predicted octanol–water partition coefficient (Wildman–Crippen LogP) is 3.15. The van der Waals surface area contributed by atoms with Crippen LogP contribution < -0.4 is 5.32 Å². The molecule has 2 amide bonds. The second-order valence-corrected chi connectivity index (χ2v) is 7.29. The van der Waals surface area contributed by atoms with Crippen LogP contribution in [0.3, 0.4) is 0 Å². The van der Waals surface area contributed by atoms with Crippen molar-refractivity contribution in [1.29, 1.82) is 0 Å². The molecule has 1 aliphatic rings. The molecule has 148 valence electrons. The van der Waals surface area contributed by atoms with Crippen LogP contribution >= 0.6 is 0 Å². The number of piperidine rings is 1. The minimum atomic E-state index is -0.282. The average molecular weight is 375 g/mol. The summed E-state index contributed by atoms with van der Waals surface area (Å²) in [7, 11) is 0.